The first-order valence-corrected chi connectivity index (χ1v) is 11.1. The number of aromatic nitrogens is 3. The highest BCUT2D eigenvalue weighted by atomic mass is 35.5. The maximum Gasteiger partial charge on any atom is 0.255 e. The van der Waals surface area contributed by atoms with Crippen molar-refractivity contribution in [3.05, 3.63) is 71.4 Å². The van der Waals surface area contributed by atoms with Crippen molar-refractivity contribution in [3.8, 4) is 11.4 Å². The molecule has 3 heterocycles. The lowest BCUT2D eigenvalue weighted by Gasteiger charge is -2.40. The Bertz CT molecular complexity index is 1120. The molecule has 32 heavy (non-hydrogen) atoms. The highest BCUT2D eigenvalue weighted by Crippen LogP contribution is 2.55. The summed E-state index contributed by atoms with van der Waals surface area (Å²) in [5.41, 5.74) is 1.16. The number of pyridine rings is 1. The van der Waals surface area contributed by atoms with E-state index >= 15 is 0 Å². The van der Waals surface area contributed by atoms with Crippen molar-refractivity contribution < 1.29 is 9.18 Å². The predicted molar refractivity (Wildman–Crippen MR) is 121 cm³/mol. The maximum absolute atomic E-state index is 14.2. The molecule has 1 aliphatic heterocycles. The zero-order chi connectivity index (χ0) is 22.1. The molecule has 0 radical (unpaired) electrons. The SMILES string of the molecule is O=C(c1cc(F)ccc1-c1ncccn1)N1CCC2(CC2)C[C@H]1CNc1ccc(Cl)cn1. The molecule has 1 amide bonds. The summed E-state index contributed by atoms with van der Waals surface area (Å²) in [5.74, 6) is 0.468. The van der Waals surface area contributed by atoms with E-state index in [0.29, 0.717) is 40.7 Å². The fourth-order valence-corrected chi connectivity index (χ4v) is 4.63. The number of anilines is 1. The Labute approximate surface area is 190 Å². The number of likely N-dealkylation sites (tertiary alicyclic amines) is 1. The van der Waals surface area contributed by atoms with Crippen LogP contribution in [0, 0.1) is 11.2 Å². The summed E-state index contributed by atoms with van der Waals surface area (Å²) in [6.45, 7) is 1.21. The number of hydrogen-bond acceptors (Lipinski definition) is 5. The van der Waals surface area contributed by atoms with Crippen LogP contribution in [0.5, 0.6) is 0 Å². The van der Waals surface area contributed by atoms with E-state index < -0.39 is 5.82 Å². The van der Waals surface area contributed by atoms with E-state index in [4.69, 9.17) is 11.6 Å². The minimum Gasteiger partial charge on any atom is -0.368 e. The minimum atomic E-state index is -0.455. The van der Waals surface area contributed by atoms with E-state index in [-0.39, 0.29) is 17.5 Å². The summed E-state index contributed by atoms with van der Waals surface area (Å²) in [6.07, 6.45) is 9.12. The van der Waals surface area contributed by atoms with Crippen LogP contribution in [0.25, 0.3) is 11.4 Å². The molecule has 0 unspecified atom stereocenters. The van der Waals surface area contributed by atoms with Crippen molar-refractivity contribution in [1.82, 2.24) is 19.9 Å². The number of piperidine rings is 1. The largest absolute Gasteiger partial charge is 0.368 e. The van der Waals surface area contributed by atoms with Gasteiger partial charge in [-0.15, -0.1) is 0 Å². The van der Waals surface area contributed by atoms with E-state index in [1.54, 1.807) is 36.8 Å². The summed E-state index contributed by atoms with van der Waals surface area (Å²) in [4.78, 5) is 28.4. The number of halogens is 2. The lowest BCUT2D eigenvalue weighted by atomic mass is 9.87. The third-order valence-electron chi connectivity index (χ3n) is 6.48. The van der Waals surface area contributed by atoms with Gasteiger partial charge >= 0.3 is 0 Å². The summed E-state index contributed by atoms with van der Waals surface area (Å²) in [5, 5.41) is 3.91. The number of nitrogens with one attached hydrogen (secondary N) is 1. The molecule has 3 aromatic rings. The monoisotopic (exact) mass is 451 g/mol. The van der Waals surface area contributed by atoms with Gasteiger partial charge in [-0.3, -0.25) is 4.79 Å². The molecule has 2 aliphatic rings. The minimum absolute atomic E-state index is 0.0240. The van der Waals surface area contributed by atoms with Crippen LogP contribution in [0.15, 0.2) is 55.0 Å². The van der Waals surface area contributed by atoms with Crippen molar-refractivity contribution in [1.29, 1.82) is 0 Å². The third kappa shape index (κ3) is 4.30. The second kappa shape index (κ2) is 8.47. The molecular formula is C24H23ClFN5O. The molecule has 2 fully saturated rings. The average Bonchev–Trinajstić information content (AvgIpc) is 3.57. The Morgan fingerprint density at radius 3 is 2.69 bits per heavy atom. The Morgan fingerprint density at radius 2 is 1.97 bits per heavy atom. The molecule has 8 heteroatoms. The number of carbonyl (C=O) groups is 1. The first kappa shape index (κ1) is 20.8. The van der Waals surface area contributed by atoms with Gasteiger partial charge in [-0.2, -0.15) is 0 Å². The quantitative estimate of drug-likeness (QED) is 0.601. The van der Waals surface area contributed by atoms with Gasteiger partial charge in [0.2, 0.25) is 0 Å². The fourth-order valence-electron chi connectivity index (χ4n) is 4.52. The molecule has 1 N–H and O–H groups in total. The molecule has 1 atom stereocenters. The highest BCUT2D eigenvalue weighted by Gasteiger charge is 2.49. The Morgan fingerprint density at radius 1 is 1.16 bits per heavy atom. The summed E-state index contributed by atoms with van der Waals surface area (Å²) in [7, 11) is 0. The van der Waals surface area contributed by atoms with E-state index in [1.165, 1.54) is 25.0 Å². The molecule has 1 saturated heterocycles. The Balaban J connectivity index is 1.42. The van der Waals surface area contributed by atoms with Crippen LogP contribution in [-0.4, -0.2) is 44.9 Å². The van der Waals surface area contributed by atoms with E-state index in [9.17, 15) is 9.18 Å². The van der Waals surface area contributed by atoms with Gasteiger partial charge in [0, 0.05) is 43.3 Å². The van der Waals surface area contributed by atoms with Gasteiger partial charge in [0.1, 0.15) is 11.6 Å². The van der Waals surface area contributed by atoms with E-state index in [0.717, 1.165) is 12.8 Å². The van der Waals surface area contributed by atoms with Crippen LogP contribution >= 0.6 is 11.6 Å². The van der Waals surface area contributed by atoms with Gasteiger partial charge in [-0.25, -0.2) is 19.3 Å². The number of hydrogen-bond donors (Lipinski definition) is 1. The van der Waals surface area contributed by atoms with Gasteiger partial charge in [0.05, 0.1) is 10.6 Å². The lowest BCUT2D eigenvalue weighted by Crippen LogP contribution is -2.50. The van der Waals surface area contributed by atoms with Gasteiger partial charge in [0.25, 0.3) is 5.91 Å². The smallest absolute Gasteiger partial charge is 0.255 e. The molecule has 2 aromatic heterocycles. The second-order valence-corrected chi connectivity index (χ2v) is 9.05. The first-order chi connectivity index (χ1) is 15.5. The van der Waals surface area contributed by atoms with Crippen LogP contribution in [0.2, 0.25) is 5.02 Å². The first-order valence-electron chi connectivity index (χ1n) is 10.8. The van der Waals surface area contributed by atoms with Crippen LogP contribution in [0.4, 0.5) is 10.2 Å². The fraction of sp³-hybridized carbons (Fsp3) is 0.333. The Hall–Kier alpha value is -3.06. The van der Waals surface area contributed by atoms with Crippen molar-refractivity contribution in [2.24, 2.45) is 5.41 Å². The number of rotatable bonds is 5. The van der Waals surface area contributed by atoms with Crippen LogP contribution < -0.4 is 5.32 Å². The molecule has 5 rings (SSSR count). The number of nitrogens with zero attached hydrogens (tertiary/aromatic N) is 4. The van der Waals surface area contributed by atoms with Gasteiger partial charge in [0.15, 0.2) is 5.82 Å². The van der Waals surface area contributed by atoms with Crippen LogP contribution in [0.3, 0.4) is 0 Å². The van der Waals surface area contributed by atoms with Crippen molar-refractivity contribution in [3.63, 3.8) is 0 Å². The zero-order valence-electron chi connectivity index (χ0n) is 17.5. The molecule has 0 bridgehead atoms. The molecule has 1 saturated carbocycles. The molecule has 1 aromatic carbocycles. The van der Waals surface area contributed by atoms with E-state index in [2.05, 4.69) is 20.3 Å². The normalized spacial score (nSPS) is 19.1. The third-order valence-corrected chi connectivity index (χ3v) is 6.70. The summed E-state index contributed by atoms with van der Waals surface area (Å²) < 4.78 is 14.2. The van der Waals surface area contributed by atoms with Gasteiger partial charge in [-0.1, -0.05) is 11.6 Å². The number of amides is 1. The highest BCUT2D eigenvalue weighted by molar-refractivity contribution is 6.30. The molecular weight excluding hydrogens is 429 g/mol. The average molecular weight is 452 g/mol. The molecule has 164 valence electrons. The van der Waals surface area contributed by atoms with Crippen molar-refractivity contribution >= 4 is 23.3 Å². The van der Waals surface area contributed by atoms with Gasteiger partial charge in [-0.05, 0) is 67.5 Å². The summed E-state index contributed by atoms with van der Waals surface area (Å²) >= 11 is 5.93. The van der Waals surface area contributed by atoms with Crippen molar-refractivity contribution in [2.75, 3.05) is 18.4 Å². The van der Waals surface area contributed by atoms with Crippen LogP contribution in [-0.2, 0) is 0 Å². The van der Waals surface area contributed by atoms with Gasteiger partial charge < -0.3 is 10.2 Å². The lowest BCUT2D eigenvalue weighted by molar-refractivity contribution is 0.0546. The topological polar surface area (TPSA) is 71.0 Å². The second-order valence-electron chi connectivity index (χ2n) is 8.61. The van der Waals surface area contributed by atoms with Crippen molar-refractivity contribution in [2.45, 2.75) is 31.7 Å². The number of benzene rings is 1. The molecule has 1 spiro atoms. The zero-order valence-corrected chi connectivity index (χ0v) is 18.2. The van der Waals surface area contributed by atoms with E-state index in [1.807, 2.05) is 11.0 Å². The molecule has 6 nitrogen and oxygen atoms in total. The van der Waals surface area contributed by atoms with Crippen LogP contribution in [0.1, 0.15) is 36.0 Å². The molecule has 1 aliphatic carbocycles. The summed E-state index contributed by atoms with van der Waals surface area (Å²) in [6, 6.07) is 9.49. The predicted octanol–water partition coefficient (Wildman–Crippen LogP) is 4.83. The standard InChI is InChI=1S/C24H23ClFN5O/c25-16-2-5-21(29-14-16)30-15-18-13-24(6-7-24)8-11-31(18)23(32)20-12-17(26)3-4-19(20)22-27-9-1-10-28-22/h1-5,9-10,12,14,18H,6-8,11,13,15H2,(H,29,30)/t18-/m0/s1. The maximum atomic E-state index is 14.2. The number of carbonyl (C=O) groups excluding carboxylic acids is 1. The Kier molecular flexibility index (Phi) is 5.51.